The summed E-state index contributed by atoms with van der Waals surface area (Å²) in [6.45, 7) is 0.801. The van der Waals surface area contributed by atoms with Crippen LogP contribution in [-0.4, -0.2) is 64.4 Å². The van der Waals surface area contributed by atoms with Crippen LogP contribution in [-0.2, 0) is 28.4 Å². The largest absolute Gasteiger partial charge is 0.393 e. The first-order valence-corrected chi connectivity index (χ1v) is 14.5. The van der Waals surface area contributed by atoms with Crippen LogP contribution in [0.4, 0.5) is 0 Å². The number of hydrogen-bond donors (Lipinski definition) is 1. The molecule has 42 heavy (non-hydrogen) atoms. The molecule has 2 aromatic rings. The molecule has 0 bridgehead atoms. The van der Waals surface area contributed by atoms with E-state index in [9.17, 15) is 5.11 Å². The Morgan fingerprint density at radius 3 is 1.31 bits per heavy atom. The fraction of sp³-hybridized carbons (Fsp3) is 0.429. The fourth-order valence-corrected chi connectivity index (χ4v) is 5.21. The average molecular weight is 577 g/mol. The maximum absolute atomic E-state index is 10.8. The van der Waals surface area contributed by atoms with E-state index < -0.39 is 17.7 Å². The Kier molecular flexibility index (Phi) is 11.9. The van der Waals surface area contributed by atoms with Crippen LogP contribution >= 0.6 is 0 Å². The predicted octanol–water partition coefficient (Wildman–Crippen LogP) is 6.39. The molecule has 7 nitrogen and oxygen atoms in total. The molecule has 0 amide bonds. The van der Waals surface area contributed by atoms with Gasteiger partial charge in [-0.15, -0.1) is 0 Å². The predicted molar refractivity (Wildman–Crippen MR) is 163 cm³/mol. The van der Waals surface area contributed by atoms with Gasteiger partial charge in [0, 0.05) is 41.3 Å². The van der Waals surface area contributed by atoms with Gasteiger partial charge in [-0.1, -0.05) is 85.0 Å². The summed E-state index contributed by atoms with van der Waals surface area (Å²) >= 11 is 0. The van der Waals surface area contributed by atoms with Gasteiger partial charge in [-0.2, -0.15) is 0 Å². The molecule has 2 aliphatic carbocycles. The lowest BCUT2D eigenvalue weighted by molar-refractivity contribution is -0.168. The summed E-state index contributed by atoms with van der Waals surface area (Å²) in [7, 11) is 6.56. The van der Waals surface area contributed by atoms with Crippen molar-refractivity contribution in [2.45, 2.75) is 55.6 Å². The van der Waals surface area contributed by atoms with Crippen molar-refractivity contribution in [2.24, 2.45) is 0 Å². The second kappa shape index (κ2) is 15.5. The SMILES string of the molecule is COC1(OC)C=CC(C(OCCC(O)CCOC(C2=CCC(OC)(OC)C=C2)c2ccccc2)c2ccccc2)=CC1. The van der Waals surface area contributed by atoms with Crippen LogP contribution in [0.5, 0.6) is 0 Å². The summed E-state index contributed by atoms with van der Waals surface area (Å²) in [6.07, 6.45) is 13.1. The van der Waals surface area contributed by atoms with E-state index in [1.54, 1.807) is 28.4 Å². The summed E-state index contributed by atoms with van der Waals surface area (Å²) in [5.41, 5.74) is 4.18. The maximum Gasteiger partial charge on any atom is 0.190 e. The van der Waals surface area contributed by atoms with Crippen LogP contribution in [0.3, 0.4) is 0 Å². The van der Waals surface area contributed by atoms with Gasteiger partial charge in [-0.05, 0) is 47.3 Å². The number of benzene rings is 2. The van der Waals surface area contributed by atoms with Crippen molar-refractivity contribution in [3.05, 3.63) is 119 Å². The van der Waals surface area contributed by atoms with E-state index in [0.29, 0.717) is 38.9 Å². The number of methoxy groups -OCH3 is 4. The van der Waals surface area contributed by atoms with Gasteiger partial charge < -0.3 is 33.5 Å². The second-order valence-corrected chi connectivity index (χ2v) is 10.5. The molecule has 0 fully saturated rings. The normalized spacial score (nSPS) is 19.5. The zero-order valence-corrected chi connectivity index (χ0v) is 25.1. The molecule has 2 unspecified atom stereocenters. The minimum Gasteiger partial charge on any atom is -0.393 e. The van der Waals surface area contributed by atoms with Crippen LogP contribution in [0.2, 0.25) is 0 Å². The Labute approximate surface area is 250 Å². The van der Waals surface area contributed by atoms with Crippen molar-refractivity contribution in [3.8, 4) is 0 Å². The van der Waals surface area contributed by atoms with E-state index in [1.165, 1.54) is 0 Å². The van der Waals surface area contributed by atoms with Gasteiger partial charge in [0.2, 0.25) is 0 Å². The van der Waals surface area contributed by atoms with Crippen LogP contribution in [0.25, 0.3) is 0 Å². The minimum atomic E-state index is -0.751. The zero-order chi connectivity index (χ0) is 29.8. The highest BCUT2D eigenvalue weighted by Gasteiger charge is 2.31. The third kappa shape index (κ3) is 8.14. The smallest absolute Gasteiger partial charge is 0.190 e. The molecule has 2 atom stereocenters. The number of rotatable bonds is 16. The highest BCUT2D eigenvalue weighted by molar-refractivity contribution is 5.37. The molecule has 1 N–H and O–H groups in total. The third-order valence-corrected chi connectivity index (χ3v) is 7.97. The van der Waals surface area contributed by atoms with Crippen LogP contribution in [0, 0.1) is 0 Å². The van der Waals surface area contributed by atoms with Crippen molar-refractivity contribution in [1.82, 2.24) is 0 Å². The molecular weight excluding hydrogens is 532 g/mol. The van der Waals surface area contributed by atoms with Gasteiger partial charge in [-0.25, -0.2) is 0 Å². The summed E-state index contributed by atoms with van der Waals surface area (Å²) in [5.74, 6) is -1.50. The lowest BCUT2D eigenvalue weighted by Gasteiger charge is -2.31. The van der Waals surface area contributed by atoms with Gasteiger partial charge in [0.25, 0.3) is 0 Å². The topological polar surface area (TPSA) is 75.6 Å². The monoisotopic (exact) mass is 576 g/mol. The molecule has 0 saturated carbocycles. The third-order valence-electron chi connectivity index (χ3n) is 7.97. The van der Waals surface area contributed by atoms with Crippen molar-refractivity contribution in [3.63, 3.8) is 0 Å². The standard InChI is InChI=1S/C35H44O7/c1-37-34(38-2)21-15-29(16-22-34)32(27-11-7-5-8-12-27)41-25-19-31(36)20-26-42-33(28-13-9-6-10-14-28)30-17-23-35(39-3,40-4)24-18-30/h5-18,21,23,31-33,36H,19-20,22,24-26H2,1-4H3. The minimum absolute atomic E-state index is 0.253. The first-order chi connectivity index (χ1) is 20.5. The molecule has 226 valence electrons. The number of hydrogen-bond acceptors (Lipinski definition) is 7. The van der Waals surface area contributed by atoms with Crippen molar-refractivity contribution >= 4 is 0 Å². The Balaban J connectivity index is 1.32. The zero-order valence-electron chi connectivity index (χ0n) is 25.1. The Bertz CT molecular complexity index is 1110. The van der Waals surface area contributed by atoms with Crippen molar-refractivity contribution in [2.75, 3.05) is 41.7 Å². The van der Waals surface area contributed by atoms with E-state index in [0.717, 1.165) is 22.3 Å². The van der Waals surface area contributed by atoms with Gasteiger partial charge in [-0.3, -0.25) is 0 Å². The van der Waals surface area contributed by atoms with Gasteiger partial charge in [0.05, 0.1) is 19.3 Å². The fourth-order valence-electron chi connectivity index (χ4n) is 5.21. The average Bonchev–Trinajstić information content (AvgIpc) is 3.06. The summed E-state index contributed by atoms with van der Waals surface area (Å²) < 4.78 is 35.0. The molecule has 0 radical (unpaired) electrons. The van der Waals surface area contributed by atoms with Crippen LogP contribution < -0.4 is 0 Å². The number of aliphatic hydroxyl groups excluding tert-OH is 1. The van der Waals surface area contributed by atoms with Crippen LogP contribution in [0.1, 0.15) is 49.0 Å². The van der Waals surface area contributed by atoms with E-state index in [-0.39, 0.29) is 12.2 Å². The molecular formula is C35H44O7. The molecule has 2 aliphatic rings. The Hall–Kier alpha value is -2.88. The molecule has 4 rings (SSSR count). The van der Waals surface area contributed by atoms with Crippen molar-refractivity contribution in [1.29, 1.82) is 0 Å². The van der Waals surface area contributed by atoms with Crippen molar-refractivity contribution < 1.29 is 33.5 Å². The van der Waals surface area contributed by atoms with Crippen LogP contribution in [0.15, 0.2) is 108 Å². The summed E-state index contributed by atoms with van der Waals surface area (Å²) in [6, 6.07) is 20.2. The first-order valence-electron chi connectivity index (χ1n) is 14.5. The molecule has 0 spiro atoms. The lowest BCUT2D eigenvalue weighted by atomic mass is 9.94. The van der Waals surface area contributed by atoms with Gasteiger partial charge in [0.1, 0.15) is 12.2 Å². The quantitative estimate of drug-likeness (QED) is 0.232. The summed E-state index contributed by atoms with van der Waals surface area (Å²) in [4.78, 5) is 0. The van der Waals surface area contributed by atoms with E-state index >= 15 is 0 Å². The molecule has 0 heterocycles. The highest BCUT2D eigenvalue weighted by Crippen LogP contribution is 2.35. The molecule has 2 aromatic carbocycles. The Morgan fingerprint density at radius 1 is 0.619 bits per heavy atom. The van der Waals surface area contributed by atoms with E-state index in [1.807, 2.05) is 60.7 Å². The lowest BCUT2D eigenvalue weighted by Crippen LogP contribution is -2.32. The summed E-state index contributed by atoms with van der Waals surface area (Å²) in [5, 5.41) is 10.8. The molecule has 0 saturated heterocycles. The van der Waals surface area contributed by atoms with E-state index in [4.69, 9.17) is 28.4 Å². The van der Waals surface area contributed by atoms with E-state index in [2.05, 4.69) is 36.4 Å². The molecule has 0 aromatic heterocycles. The maximum atomic E-state index is 10.8. The van der Waals surface area contributed by atoms with Gasteiger partial charge >= 0.3 is 0 Å². The second-order valence-electron chi connectivity index (χ2n) is 10.5. The molecule has 0 aliphatic heterocycles. The molecule has 7 heteroatoms. The Morgan fingerprint density at radius 2 is 1.00 bits per heavy atom. The first kappa shape index (κ1) is 32.0. The van der Waals surface area contributed by atoms with Gasteiger partial charge in [0.15, 0.2) is 11.6 Å². The highest BCUT2D eigenvalue weighted by atomic mass is 16.7. The number of ether oxygens (including phenoxy) is 6. The number of aliphatic hydroxyl groups is 1.